The van der Waals surface area contributed by atoms with Crippen LogP contribution in [0.2, 0.25) is 5.15 Å². The van der Waals surface area contributed by atoms with Crippen molar-refractivity contribution in [3.05, 3.63) is 64.4 Å². The summed E-state index contributed by atoms with van der Waals surface area (Å²) < 4.78 is 5.17. The van der Waals surface area contributed by atoms with Gasteiger partial charge in [0.25, 0.3) is 0 Å². The highest BCUT2D eigenvalue weighted by Gasteiger charge is 2.11. The average Bonchev–Trinajstić information content (AvgIpc) is 2.38. The van der Waals surface area contributed by atoms with Gasteiger partial charge in [0, 0.05) is 6.20 Å². The highest BCUT2D eigenvalue weighted by Crippen LogP contribution is 2.14. The van der Waals surface area contributed by atoms with E-state index in [9.17, 15) is 4.79 Å². The molecule has 0 N–H and O–H groups in total. The molecule has 3 nitrogen and oxygen atoms in total. The molecule has 0 aliphatic rings. The number of benzene rings is 1. The Balaban J connectivity index is 2.01. The molecule has 0 bridgehead atoms. The van der Waals surface area contributed by atoms with Crippen molar-refractivity contribution >= 4 is 17.6 Å². The van der Waals surface area contributed by atoms with Crippen LogP contribution in [-0.2, 0) is 11.3 Å². The average molecular weight is 262 g/mol. The van der Waals surface area contributed by atoms with E-state index < -0.39 is 5.97 Å². The van der Waals surface area contributed by atoms with Gasteiger partial charge in [-0.3, -0.25) is 0 Å². The van der Waals surface area contributed by atoms with Crippen molar-refractivity contribution in [2.45, 2.75) is 13.5 Å². The maximum Gasteiger partial charge on any atom is 0.341 e. The van der Waals surface area contributed by atoms with Crippen LogP contribution in [0.5, 0.6) is 0 Å². The van der Waals surface area contributed by atoms with Crippen molar-refractivity contribution in [1.29, 1.82) is 0 Å². The van der Waals surface area contributed by atoms with Crippen LogP contribution in [0, 0.1) is 6.92 Å². The third kappa shape index (κ3) is 3.08. The molecular weight excluding hydrogens is 250 g/mol. The third-order valence-corrected chi connectivity index (χ3v) is 2.77. The number of hydrogen-bond donors (Lipinski definition) is 0. The first-order valence-corrected chi connectivity index (χ1v) is 5.88. The molecule has 0 radical (unpaired) electrons. The molecule has 0 aliphatic carbocycles. The van der Waals surface area contributed by atoms with Gasteiger partial charge in [0.05, 0.1) is 5.56 Å². The summed E-state index contributed by atoms with van der Waals surface area (Å²) >= 11 is 5.81. The van der Waals surface area contributed by atoms with Crippen LogP contribution in [0.1, 0.15) is 21.5 Å². The first-order chi connectivity index (χ1) is 8.66. The minimum atomic E-state index is -0.464. The van der Waals surface area contributed by atoms with E-state index in [2.05, 4.69) is 4.98 Å². The first kappa shape index (κ1) is 12.6. The molecule has 2 rings (SSSR count). The van der Waals surface area contributed by atoms with E-state index in [0.29, 0.717) is 0 Å². The monoisotopic (exact) mass is 261 g/mol. The molecule has 18 heavy (non-hydrogen) atoms. The Bertz CT molecular complexity index is 552. The molecule has 0 fully saturated rings. The molecule has 0 amide bonds. The maximum atomic E-state index is 11.8. The first-order valence-electron chi connectivity index (χ1n) is 5.50. The number of carbonyl (C=O) groups is 1. The molecule has 92 valence electrons. The van der Waals surface area contributed by atoms with E-state index in [-0.39, 0.29) is 17.3 Å². The highest BCUT2D eigenvalue weighted by atomic mass is 35.5. The summed E-state index contributed by atoms with van der Waals surface area (Å²) in [4.78, 5) is 15.6. The van der Waals surface area contributed by atoms with Gasteiger partial charge in [-0.15, -0.1) is 0 Å². The smallest absolute Gasteiger partial charge is 0.341 e. The molecule has 1 heterocycles. The molecule has 0 saturated carbocycles. The lowest BCUT2D eigenvalue weighted by atomic mass is 10.2. The van der Waals surface area contributed by atoms with Gasteiger partial charge in [-0.1, -0.05) is 41.4 Å². The lowest BCUT2D eigenvalue weighted by molar-refractivity contribution is 0.0472. The van der Waals surface area contributed by atoms with Crippen LogP contribution in [0.4, 0.5) is 0 Å². The van der Waals surface area contributed by atoms with Crippen LogP contribution < -0.4 is 0 Å². The van der Waals surface area contributed by atoms with Crippen molar-refractivity contribution < 1.29 is 9.53 Å². The minimum absolute atomic E-state index is 0.159. The quantitative estimate of drug-likeness (QED) is 0.628. The number of esters is 1. The van der Waals surface area contributed by atoms with Crippen molar-refractivity contribution in [3.63, 3.8) is 0 Å². The van der Waals surface area contributed by atoms with Gasteiger partial charge in [0.1, 0.15) is 11.8 Å². The number of ether oxygens (including phenoxy) is 1. The fourth-order valence-corrected chi connectivity index (χ4v) is 1.65. The minimum Gasteiger partial charge on any atom is -0.457 e. The molecule has 0 saturated heterocycles. The number of rotatable bonds is 3. The van der Waals surface area contributed by atoms with Gasteiger partial charge in [0.15, 0.2) is 0 Å². The topological polar surface area (TPSA) is 39.2 Å². The molecule has 0 spiro atoms. The van der Waals surface area contributed by atoms with Crippen LogP contribution in [0.3, 0.4) is 0 Å². The number of halogens is 1. The molecule has 0 atom stereocenters. The predicted octanol–water partition coefficient (Wildman–Crippen LogP) is 3.40. The second-order valence-electron chi connectivity index (χ2n) is 3.90. The standard InChI is InChI=1S/C14H12ClNO2/c1-10-4-6-11(7-5-10)9-18-14(17)12-3-2-8-16-13(12)15/h2-8H,9H2,1H3. The Kier molecular flexibility index (Phi) is 3.95. The van der Waals surface area contributed by atoms with E-state index in [0.717, 1.165) is 5.56 Å². The Hall–Kier alpha value is -1.87. The summed E-state index contributed by atoms with van der Waals surface area (Å²) in [5.74, 6) is -0.464. The summed E-state index contributed by atoms with van der Waals surface area (Å²) in [7, 11) is 0. The fourth-order valence-electron chi connectivity index (χ4n) is 1.45. The molecule has 1 aromatic heterocycles. The van der Waals surface area contributed by atoms with Crippen LogP contribution in [0.15, 0.2) is 42.6 Å². The molecule has 1 aromatic carbocycles. The molecular formula is C14H12ClNO2. The third-order valence-electron chi connectivity index (χ3n) is 2.47. The van der Waals surface area contributed by atoms with E-state index >= 15 is 0 Å². The summed E-state index contributed by atoms with van der Waals surface area (Å²) in [5, 5.41) is 0.159. The van der Waals surface area contributed by atoms with Crippen LogP contribution in [0.25, 0.3) is 0 Å². The molecule has 2 aromatic rings. The SMILES string of the molecule is Cc1ccc(COC(=O)c2cccnc2Cl)cc1. The lowest BCUT2D eigenvalue weighted by Gasteiger charge is -2.06. The second-order valence-corrected chi connectivity index (χ2v) is 4.26. The van der Waals surface area contributed by atoms with Gasteiger partial charge in [0.2, 0.25) is 0 Å². The number of pyridine rings is 1. The van der Waals surface area contributed by atoms with Gasteiger partial charge in [-0.05, 0) is 24.6 Å². The van der Waals surface area contributed by atoms with Crippen molar-refractivity contribution in [3.8, 4) is 0 Å². The normalized spacial score (nSPS) is 10.1. The number of nitrogens with zero attached hydrogens (tertiary/aromatic N) is 1. The zero-order valence-corrected chi connectivity index (χ0v) is 10.6. The number of hydrogen-bond acceptors (Lipinski definition) is 3. The van der Waals surface area contributed by atoms with Gasteiger partial charge in [-0.25, -0.2) is 9.78 Å². The number of aromatic nitrogens is 1. The molecule has 0 aliphatic heterocycles. The van der Waals surface area contributed by atoms with E-state index in [1.165, 1.54) is 11.8 Å². The Morgan fingerprint density at radius 3 is 2.67 bits per heavy atom. The summed E-state index contributed by atoms with van der Waals surface area (Å²) in [6.07, 6.45) is 1.53. The zero-order chi connectivity index (χ0) is 13.0. The summed E-state index contributed by atoms with van der Waals surface area (Å²) in [5.41, 5.74) is 2.39. The summed E-state index contributed by atoms with van der Waals surface area (Å²) in [6, 6.07) is 11.0. The van der Waals surface area contributed by atoms with Gasteiger partial charge < -0.3 is 4.74 Å². The Morgan fingerprint density at radius 2 is 2.00 bits per heavy atom. The largest absolute Gasteiger partial charge is 0.457 e. The Morgan fingerprint density at radius 1 is 1.28 bits per heavy atom. The van der Waals surface area contributed by atoms with Crippen molar-refractivity contribution in [2.75, 3.05) is 0 Å². The van der Waals surface area contributed by atoms with Crippen molar-refractivity contribution in [2.24, 2.45) is 0 Å². The number of aryl methyl sites for hydroxylation is 1. The lowest BCUT2D eigenvalue weighted by Crippen LogP contribution is -2.06. The van der Waals surface area contributed by atoms with Crippen LogP contribution in [-0.4, -0.2) is 11.0 Å². The maximum absolute atomic E-state index is 11.8. The van der Waals surface area contributed by atoms with Gasteiger partial charge in [-0.2, -0.15) is 0 Å². The molecule has 4 heteroatoms. The highest BCUT2D eigenvalue weighted by molar-refractivity contribution is 6.32. The van der Waals surface area contributed by atoms with E-state index in [1.54, 1.807) is 12.1 Å². The van der Waals surface area contributed by atoms with Crippen LogP contribution >= 0.6 is 11.6 Å². The second kappa shape index (κ2) is 5.65. The fraction of sp³-hybridized carbons (Fsp3) is 0.143. The van der Waals surface area contributed by atoms with E-state index in [4.69, 9.17) is 16.3 Å². The van der Waals surface area contributed by atoms with Crippen molar-refractivity contribution in [1.82, 2.24) is 4.98 Å². The Labute approximate surface area is 110 Å². The van der Waals surface area contributed by atoms with E-state index in [1.807, 2.05) is 31.2 Å². The number of carbonyl (C=O) groups excluding carboxylic acids is 1. The van der Waals surface area contributed by atoms with Gasteiger partial charge >= 0.3 is 5.97 Å². The summed E-state index contributed by atoms with van der Waals surface area (Å²) in [6.45, 7) is 2.23. The predicted molar refractivity (Wildman–Crippen MR) is 69.5 cm³/mol. The molecule has 0 unspecified atom stereocenters. The zero-order valence-electron chi connectivity index (χ0n) is 9.89.